The highest BCUT2D eigenvalue weighted by Crippen LogP contribution is 2.39. The van der Waals surface area contributed by atoms with Gasteiger partial charge < -0.3 is 19.9 Å². The van der Waals surface area contributed by atoms with Crippen LogP contribution in [0.25, 0.3) is 0 Å². The van der Waals surface area contributed by atoms with Crippen LogP contribution in [0, 0.1) is 11.7 Å². The molecule has 0 aromatic heterocycles. The third-order valence-corrected chi connectivity index (χ3v) is 6.85. The van der Waals surface area contributed by atoms with Crippen LogP contribution in [0.1, 0.15) is 0 Å². The molecule has 2 amide bonds. The fourth-order valence-corrected chi connectivity index (χ4v) is 4.83. The Hall–Kier alpha value is -3.38. The number of benzene rings is 2. The number of nitrogens with zero attached hydrogens (tertiary/aromatic N) is 1. The van der Waals surface area contributed by atoms with Crippen molar-refractivity contribution < 1.29 is 37.0 Å². The lowest BCUT2D eigenvalue weighted by Gasteiger charge is -2.36. The molecule has 2 aromatic rings. The van der Waals surface area contributed by atoms with Crippen LogP contribution in [0.5, 0.6) is 5.75 Å². The second-order valence-electron chi connectivity index (χ2n) is 7.32. The van der Waals surface area contributed by atoms with E-state index >= 15 is 0 Å². The Labute approximate surface area is 183 Å². The lowest BCUT2D eigenvalue weighted by atomic mass is 10.1. The van der Waals surface area contributed by atoms with Gasteiger partial charge in [-0.15, -0.1) is 0 Å². The minimum Gasteiger partial charge on any atom is -0.484 e. The van der Waals surface area contributed by atoms with Crippen molar-refractivity contribution in [2.45, 2.75) is 11.0 Å². The van der Waals surface area contributed by atoms with Crippen LogP contribution in [0.3, 0.4) is 0 Å². The van der Waals surface area contributed by atoms with Gasteiger partial charge in [0.15, 0.2) is 0 Å². The molecular weight excluding hydrogens is 445 g/mol. The van der Waals surface area contributed by atoms with Crippen molar-refractivity contribution in [3.8, 4) is 5.75 Å². The first kappa shape index (κ1) is 21.8. The zero-order chi connectivity index (χ0) is 22.9. The van der Waals surface area contributed by atoms with Crippen LogP contribution in [-0.4, -0.2) is 57.9 Å². The van der Waals surface area contributed by atoms with Crippen molar-refractivity contribution in [1.29, 1.82) is 0 Å². The van der Waals surface area contributed by atoms with Gasteiger partial charge in [0, 0.05) is 5.69 Å². The average molecular weight is 465 g/mol. The van der Waals surface area contributed by atoms with Gasteiger partial charge in [0.2, 0.25) is 5.91 Å². The van der Waals surface area contributed by atoms with Gasteiger partial charge in [-0.1, -0.05) is 0 Å². The molecule has 2 aromatic carbocycles. The van der Waals surface area contributed by atoms with Crippen molar-refractivity contribution in [2.24, 2.45) is 5.92 Å². The molecule has 0 aliphatic carbocycles. The van der Waals surface area contributed by atoms with Gasteiger partial charge in [0.05, 0.1) is 42.8 Å². The van der Waals surface area contributed by atoms with E-state index in [1.54, 1.807) is 0 Å². The fourth-order valence-electron chi connectivity index (χ4n) is 3.33. The van der Waals surface area contributed by atoms with Gasteiger partial charge in [-0.2, -0.15) is 0 Å². The van der Waals surface area contributed by atoms with Gasteiger partial charge in [-0.05, 0) is 42.5 Å². The van der Waals surface area contributed by atoms with Crippen LogP contribution in [-0.2, 0) is 19.6 Å². The quantitative estimate of drug-likeness (QED) is 0.590. The summed E-state index contributed by atoms with van der Waals surface area (Å²) in [7, 11) is -4.14. The molecule has 0 radical (unpaired) electrons. The molecule has 2 aliphatic heterocycles. The predicted octanol–water partition coefficient (Wildman–Crippen LogP) is 1.63. The monoisotopic (exact) mass is 465 g/mol. The van der Waals surface area contributed by atoms with Gasteiger partial charge in [-0.3, -0.25) is 14.4 Å². The van der Waals surface area contributed by atoms with Gasteiger partial charge in [0.25, 0.3) is 10.0 Å². The fraction of sp³-hybridized carbons (Fsp3) is 0.300. The van der Waals surface area contributed by atoms with E-state index in [1.807, 2.05) is 0 Å². The van der Waals surface area contributed by atoms with E-state index in [0.717, 1.165) is 28.6 Å². The van der Waals surface area contributed by atoms with Gasteiger partial charge in [-0.25, -0.2) is 17.6 Å². The summed E-state index contributed by atoms with van der Waals surface area (Å²) >= 11 is 0. The number of fused-ring (bicyclic) bond motifs is 1. The van der Waals surface area contributed by atoms with Gasteiger partial charge >= 0.3 is 6.09 Å². The highest BCUT2D eigenvalue weighted by Gasteiger charge is 2.36. The maximum atomic E-state index is 13.3. The third-order valence-electron chi connectivity index (χ3n) is 5.06. The normalized spacial score (nSPS) is 18.2. The predicted molar refractivity (Wildman–Crippen MR) is 111 cm³/mol. The number of halogens is 1. The van der Waals surface area contributed by atoms with E-state index in [1.165, 1.54) is 18.2 Å². The summed E-state index contributed by atoms with van der Waals surface area (Å²) < 4.78 is 52.0. The minimum absolute atomic E-state index is 0.0549. The Balaban J connectivity index is 1.64. The Kier molecular flexibility index (Phi) is 5.89. The number of ether oxygens (including phenoxy) is 2. The zero-order valence-corrected chi connectivity index (χ0v) is 17.5. The van der Waals surface area contributed by atoms with E-state index in [0.29, 0.717) is 13.2 Å². The second kappa shape index (κ2) is 8.63. The highest BCUT2D eigenvalue weighted by molar-refractivity contribution is 7.92. The van der Waals surface area contributed by atoms with E-state index in [2.05, 4.69) is 10.6 Å². The minimum atomic E-state index is -4.14. The highest BCUT2D eigenvalue weighted by atomic mass is 32.2. The summed E-state index contributed by atoms with van der Waals surface area (Å²) in [5.41, 5.74) is 0.270. The van der Waals surface area contributed by atoms with Crippen molar-refractivity contribution in [3.05, 3.63) is 48.3 Å². The second-order valence-corrected chi connectivity index (χ2v) is 9.18. The molecule has 3 N–H and O–H groups in total. The SMILES string of the molecule is O=C(O)Nc1ccc2c(c1)N(S(=O)(=O)c1ccc(F)cc1)CC(CNC(=O)C1COC1)O2. The molecule has 10 nitrogen and oxygen atoms in total. The molecule has 170 valence electrons. The Morgan fingerprint density at radius 1 is 1.16 bits per heavy atom. The van der Waals surface area contributed by atoms with Crippen LogP contribution in [0.2, 0.25) is 0 Å². The first-order chi connectivity index (χ1) is 15.2. The van der Waals surface area contributed by atoms with Crippen molar-refractivity contribution in [3.63, 3.8) is 0 Å². The van der Waals surface area contributed by atoms with E-state index < -0.39 is 28.0 Å². The smallest absolute Gasteiger partial charge is 0.409 e. The molecule has 4 rings (SSSR count). The van der Waals surface area contributed by atoms with Crippen LogP contribution >= 0.6 is 0 Å². The van der Waals surface area contributed by atoms with E-state index in [4.69, 9.17) is 14.6 Å². The number of rotatable bonds is 6. The third kappa shape index (κ3) is 4.46. The molecule has 1 atom stereocenters. The number of anilines is 2. The topological polar surface area (TPSA) is 134 Å². The molecule has 1 fully saturated rings. The average Bonchev–Trinajstić information content (AvgIpc) is 2.70. The number of hydrogen-bond donors (Lipinski definition) is 3. The number of sulfonamides is 1. The van der Waals surface area contributed by atoms with Crippen molar-refractivity contribution in [1.82, 2.24) is 5.32 Å². The summed E-state index contributed by atoms with van der Waals surface area (Å²) in [5.74, 6) is -0.835. The van der Waals surface area contributed by atoms with E-state index in [9.17, 15) is 22.4 Å². The summed E-state index contributed by atoms with van der Waals surface area (Å²) in [6, 6.07) is 8.58. The van der Waals surface area contributed by atoms with Crippen LogP contribution in [0.4, 0.5) is 20.6 Å². The molecule has 2 aliphatic rings. The lowest BCUT2D eigenvalue weighted by molar-refractivity contribution is -0.139. The first-order valence-electron chi connectivity index (χ1n) is 9.68. The molecule has 2 heterocycles. The summed E-state index contributed by atoms with van der Waals surface area (Å²) in [6.45, 7) is 0.583. The molecule has 0 spiro atoms. The number of carboxylic acid groups (broad SMARTS) is 1. The zero-order valence-electron chi connectivity index (χ0n) is 16.7. The van der Waals surface area contributed by atoms with Crippen molar-refractivity contribution in [2.75, 3.05) is 35.9 Å². The van der Waals surface area contributed by atoms with Crippen LogP contribution < -0.4 is 19.7 Å². The molecule has 0 saturated carbocycles. The number of nitrogens with one attached hydrogen (secondary N) is 2. The number of carbonyl (C=O) groups is 2. The number of amides is 2. The Morgan fingerprint density at radius 3 is 2.50 bits per heavy atom. The number of carbonyl (C=O) groups excluding carboxylic acids is 1. The standard InChI is InChI=1S/C20H20FN3O7S/c21-13-1-4-16(5-2-13)32(28,29)24-9-15(8-22-19(25)12-10-30-11-12)31-18-6-3-14(7-17(18)24)23-20(26)27/h1-7,12,15,23H,8-11H2,(H,22,25)(H,26,27). The summed E-state index contributed by atoms with van der Waals surface area (Å²) in [4.78, 5) is 23.0. The molecule has 0 bridgehead atoms. The summed E-state index contributed by atoms with van der Waals surface area (Å²) in [5, 5.41) is 13.9. The number of hydrogen-bond acceptors (Lipinski definition) is 6. The molecular formula is C20H20FN3O7S. The van der Waals surface area contributed by atoms with Crippen LogP contribution in [0.15, 0.2) is 47.4 Å². The largest absolute Gasteiger partial charge is 0.484 e. The maximum Gasteiger partial charge on any atom is 0.409 e. The van der Waals surface area contributed by atoms with Gasteiger partial charge in [0.1, 0.15) is 17.7 Å². The maximum absolute atomic E-state index is 13.3. The Bertz CT molecular complexity index is 1140. The molecule has 12 heteroatoms. The van der Waals surface area contributed by atoms with E-state index in [-0.39, 0.29) is 46.9 Å². The first-order valence-corrected chi connectivity index (χ1v) is 11.1. The summed E-state index contributed by atoms with van der Waals surface area (Å²) in [6.07, 6.45) is -2.02. The van der Waals surface area contributed by atoms with Crippen molar-refractivity contribution >= 4 is 33.4 Å². The molecule has 1 saturated heterocycles. The Morgan fingerprint density at radius 2 is 1.88 bits per heavy atom. The molecule has 1 unspecified atom stereocenters. The molecule has 32 heavy (non-hydrogen) atoms. The lowest BCUT2D eigenvalue weighted by Crippen LogP contribution is -2.50.